The minimum atomic E-state index is -1.08. The second kappa shape index (κ2) is 5.82. The third-order valence-corrected chi connectivity index (χ3v) is 3.70. The van der Waals surface area contributed by atoms with Gasteiger partial charge in [-0.05, 0) is 5.41 Å². The van der Waals surface area contributed by atoms with E-state index in [2.05, 4.69) is 18.7 Å². The Balaban J connectivity index is 1.79. The summed E-state index contributed by atoms with van der Waals surface area (Å²) in [5.41, 5.74) is 0.112. The van der Waals surface area contributed by atoms with Gasteiger partial charge in [-0.15, -0.1) is 0 Å². The maximum atomic E-state index is 13.3. The zero-order valence-electron chi connectivity index (χ0n) is 11.4. The minimum Gasteiger partial charge on any atom is -0.389 e. The molecular formula is C13H25FN2O2. The number of nitrogens with zero attached hydrogens (tertiary/aromatic N) is 2. The molecule has 2 saturated heterocycles. The molecule has 2 aliphatic rings. The SMILES string of the molecule is CC(C)(CN1CCOCC1)CN1C[C@H](O)[C@@H](F)C1. The number of morpholine rings is 1. The molecule has 2 fully saturated rings. The van der Waals surface area contributed by atoms with Crippen molar-refractivity contribution in [3.8, 4) is 0 Å². The second-order valence-corrected chi connectivity index (χ2v) is 6.33. The van der Waals surface area contributed by atoms with Gasteiger partial charge in [0, 0.05) is 39.3 Å². The lowest BCUT2D eigenvalue weighted by molar-refractivity contribution is 0.0157. The van der Waals surface area contributed by atoms with E-state index in [1.54, 1.807) is 0 Å². The summed E-state index contributed by atoms with van der Waals surface area (Å²) in [7, 11) is 0. The Bertz CT molecular complexity index is 260. The highest BCUT2D eigenvalue weighted by atomic mass is 19.1. The Morgan fingerprint density at radius 2 is 1.78 bits per heavy atom. The van der Waals surface area contributed by atoms with Crippen LogP contribution in [0.1, 0.15) is 13.8 Å². The van der Waals surface area contributed by atoms with E-state index in [1.165, 1.54) is 0 Å². The Hall–Kier alpha value is -0.230. The Morgan fingerprint density at radius 3 is 2.33 bits per heavy atom. The largest absolute Gasteiger partial charge is 0.389 e. The molecule has 0 aromatic carbocycles. The molecule has 0 spiro atoms. The number of likely N-dealkylation sites (tertiary alicyclic amines) is 1. The molecule has 5 heteroatoms. The fourth-order valence-electron chi connectivity index (χ4n) is 2.97. The molecule has 106 valence electrons. The van der Waals surface area contributed by atoms with E-state index in [1.807, 2.05) is 4.90 Å². The smallest absolute Gasteiger partial charge is 0.140 e. The summed E-state index contributed by atoms with van der Waals surface area (Å²) in [6.45, 7) is 10.7. The molecule has 0 bridgehead atoms. The van der Waals surface area contributed by atoms with Gasteiger partial charge in [-0.1, -0.05) is 13.8 Å². The van der Waals surface area contributed by atoms with Crippen LogP contribution in [0.5, 0.6) is 0 Å². The van der Waals surface area contributed by atoms with Crippen molar-refractivity contribution in [2.45, 2.75) is 26.1 Å². The van der Waals surface area contributed by atoms with E-state index in [0.29, 0.717) is 13.1 Å². The third-order valence-electron chi connectivity index (χ3n) is 3.70. The highest BCUT2D eigenvalue weighted by Crippen LogP contribution is 2.23. The maximum Gasteiger partial charge on any atom is 0.140 e. The van der Waals surface area contributed by atoms with Crippen LogP contribution in [0, 0.1) is 5.41 Å². The van der Waals surface area contributed by atoms with E-state index in [9.17, 15) is 9.50 Å². The molecule has 2 atom stereocenters. The third kappa shape index (κ3) is 3.88. The van der Waals surface area contributed by atoms with Gasteiger partial charge in [0.1, 0.15) is 6.17 Å². The Kier molecular flexibility index (Phi) is 4.59. The molecule has 0 saturated carbocycles. The van der Waals surface area contributed by atoms with Crippen molar-refractivity contribution < 1.29 is 14.2 Å². The van der Waals surface area contributed by atoms with Gasteiger partial charge in [0.05, 0.1) is 19.3 Å². The van der Waals surface area contributed by atoms with Crippen LogP contribution < -0.4 is 0 Å². The van der Waals surface area contributed by atoms with Crippen molar-refractivity contribution in [2.75, 3.05) is 52.5 Å². The number of β-amino-alcohol motifs (C(OH)–C–C–N with tert-alkyl or cyclic N) is 1. The van der Waals surface area contributed by atoms with Crippen LogP contribution in [0.25, 0.3) is 0 Å². The van der Waals surface area contributed by atoms with Crippen molar-refractivity contribution >= 4 is 0 Å². The molecule has 0 aliphatic carbocycles. The molecule has 0 amide bonds. The van der Waals surface area contributed by atoms with Crippen LogP contribution in [0.15, 0.2) is 0 Å². The first-order valence-corrected chi connectivity index (χ1v) is 6.81. The average Bonchev–Trinajstić information content (AvgIpc) is 2.57. The summed E-state index contributed by atoms with van der Waals surface area (Å²) in [5.74, 6) is 0. The van der Waals surface area contributed by atoms with Gasteiger partial charge in [0.25, 0.3) is 0 Å². The molecule has 0 aromatic heterocycles. The maximum absolute atomic E-state index is 13.3. The van der Waals surface area contributed by atoms with Crippen molar-refractivity contribution in [3.63, 3.8) is 0 Å². The zero-order valence-corrected chi connectivity index (χ0v) is 11.4. The first kappa shape index (κ1) is 14.2. The quantitative estimate of drug-likeness (QED) is 0.792. The monoisotopic (exact) mass is 260 g/mol. The summed E-state index contributed by atoms with van der Waals surface area (Å²) in [6, 6.07) is 0. The molecule has 2 rings (SSSR count). The second-order valence-electron chi connectivity index (χ2n) is 6.33. The Morgan fingerprint density at radius 1 is 1.17 bits per heavy atom. The van der Waals surface area contributed by atoms with Gasteiger partial charge < -0.3 is 9.84 Å². The summed E-state index contributed by atoms with van der Waals surface area (Å²) >= 11 is 0. The molecule has 0 aromatic rings. The van der Waals surface area contributed by atoms with Crippen LogP contribution in [0.3, 0.4) is 0 Å². The van der Waals surface area contributed by atoms with Crippen LogP contribution in [-0.2, 0) is 4.74 Å². The van der Waals surface area contributed by atoms with Gasteiger partial charge in [-0.2, -0.15) is 0 Å². The average molecular weight is 260 g/mol. The molecule has 0 radical (unpaired) electrons. The van der Waals surface area contributed by atoms with E-state index in [0.717, 1.165) is 39.4 Å². The normalized spacial score (nSPS) is 32.0. The standard InChI is InChI=1S/C13H25FN2O2/c1-13(2,9-15-3-5-18-6-4-15)10-16-7-11(14)12(17)8-16/h11-12,17H,3-10H2,1-2H3/t11-,12-/m0/s1. The lowest BCUT2D eigenvalue weighted by Crippen LogP contribution is -2.45. The lowest BCUT2D eigenvalue weighted by Gasteiger charge is -2.37. The first-order valence-electron chi connectivity index (χ1n) is 6.81. The summed E-state index contributed by atoms with van der Waals surface area (Å²) in [4.78, 5) is 4.44. The van der Waals surface area contributed by atoms with Gasteiger partial charge in [0.15, 0.2) is 0 Å². The molecule has 0 unspecified atom stereocenters. The zero-order chi connectivity index (χ0) is 13.2. The highest BCUT2D eigenvalue weighted by molar-refractivity contribution is 4.87. The fourth-order valence-corrected chi connectivity index (χ4v) is 2.97. The number of rotatable bonds is 4. The van der Waals surface area contributed by atoms with E-state index < -0.39 is 12.3 Å². The number of hydrogen-bond acceptors (Lipinski definition) is 4. The highest BCUT2D eigenvalue weighted by Gasteiger charge is 2.34. The van der Waals surface area contributed by atoms with Crippen LogP contribution in [0.4, 0.5) is 4.39 Å². The van der Waals surface area contributed by atoms with Crippen LogP contribution in [0.2, 0.25) is 0 Å². The first-order chi connectivity index (χ1) is 8.46. The summed E-state index contributed by atoms with van der Waals surface area (Å²) in [5, 5.41) is 9.44. The van der Waals surface area contributed by atoms with Crippen LogP contribution >= 0.6 is 0 Å². The van der Waals surface area contributed by atoms with Gasteiger partial charge in [-0.25, -0.2) is 4.39 Å². The predicted octanol–water partition coefficient (Wildman–Crippen LogP) is 0.359. The number of ether oxygens (including phenoxy) is 1. The van der Waals surface area contributed by atoms with Crippen LogP contribution in [-0.4, -0.2) is 79.7 Å². The number of aliphatic hydroxyl groups is 1. The Labute approximate surface area is 109 Å². The number of aliphatic hydroxyl groups excluding tert-OH is 1. The molecule has 2 aliphatic heterocycles. The molecule has 4 nitrogen and oxygen atoms in total. The van der Waals surface area contributed by atoms with Crippen molar-refractivity contribution in [1.29, 1.82) is 0 Å². The van der Waals surface area contributed by atoms with E-state index >= 15 is 0 Å². The van der Waals surface area contributed by atoms with Crippen molar-refractivity contribution in [2.24, 2.45) is 5.41 Å². The van der Waals surface area contributed by atoms with Crippen molar-refractivity contribution in [1.82, 2.24) is 9.80 Å². The van der Waals surface area contributed by atoms with Crippen molar-refractivity contribution in [3.05, 3.63) is 0 Å². The lowest BCUT2D eigenvalue weighted by atomic mass is 9.92. The fraction of sp³-hybridized carbons (Fsp3) is 1.00. The minimum absolute atomic E-state index is 0.112. The predicted molar refractivity (Wildman–Crippen MR) is 68.4 cm³/mol. The summed E-state index contributed by atoms with van der Waals surface area (Å²) < 4.78 is 18.6. The number of alkyl halides is 1. The molecule has 1 N–H and O–H groups in total. The molecule has 2 heterocycles. The number of hydrogen-bond donors (Lipinski definition) is 1. The topological polar surface area (TPSA) is 35.9 Å². The van der Waals surface area contributed by atoms with Gasteiger partial charge in [-0.3, -0.25) is 9.80 Å². The number of halogens is 1. The van der Waals surface area contributed by atoms with E-state index in [4.69, 9.17) is 4.74 Å². The van der Waals surface area contributed by atoms with Gasteiger partial charge >= 0.3 is 0 Å². The molecule has 18 heavy (non-hydrogen) atoms. The van der Waals surface area contributed by atoms with E-state index in [-0.39, 0.29) is 5.41 Å². The molecular weight excluding hydrogens is 235 g/mol. The van der Waals surface area contributed by atoms with Gasteiger partial charge in [0.2, 0.25) is 0 Å². The summed E-state index contributed by atoms with van der Waals surface area (Å²) in [6.07, 6.45) is -1.88.